The molecule has 92 valence electrons. The number of nitrogens with one attached hydrogen (secondary N) is 1. The Kier molecular flexibility index (Phi) is 3.58. The molecule has 0 aliphatic rings. The van der Waals surface area contributed by atoms with Crippen LogP contribution in [0.25, 0.3) is 0 Å². The number of pyridine rings is 1. The van der Waals surface area contributed by atoms with Crippen LogP contribution in [0.5, 0.6) is 0 Å². The monoisotopic (exact) mass is 264 g/mol. The number of nitrogens with zero attached hydrogens (tertiary/aromatic N) is 3. The van der Waals surface area contributed by atoms with E-state index in [-0.39, 0.29) is 12.3 Å². The van der Waals surface area contributed by atoms with Gasteiger partial charge in [-0.05, 0) is 23.7 Å². The van der Waals surface area contributed by atoms with Gasteiger partial charge in [0.05, 0.1) is 30.2 Å². The van der Waals surface area contributed by atoms with Gasteiger partial charge in [-0.25, -0.2) is 0 Å². The van der Waals surface area contributed by atoms with Crippen LogP contribution in [0.15, 0.2) is 24.5 Å². The van der Waals surface area contributed by atoms with Gasteiger partial charge in [0.1, 0.15) is 4.88 Å². The molecule has 0 spiro atoms. The maximum Gasteiger partial charge on any atom is 0.309 e. The summed E-state index contributed by atoms with van der Waals surface area (Å²) >= 11 is 0.991. The predicted molar refractivity (Wildman–Crippen MR) is 63.4 cm³/mol. The molecule has 8 heteroatoms. The normalized spacial score (nSPS) is 10.0. The molecule has 7 nitrogen and oxygen atoms in total. The molecule has 18 heavy (non-hydrogen) atoms. The number of anilines is 1. The Balaban J connectivity index is 2.02. The number of hydrogen-bond acceptors (Lipinski definition) is 6. The van der Waals surface area contributed by atoms with E-state index in [2.05, 4.69) is 19.9 Å². The number of carboxylic acid groups (broad SMARTS) is 1. The molecule has 0 fully saturated rings. The number of carbonyl (C=O) groups excluding carboxylic acids is 1. The molecule has 0 aromatic carbocycles. The molecule has 2 heterocycles. The van der Waals surface area contributed by atoms with Crippen molar-refractivity contribution in [2.24, 2.45) is 0 Å². The van der Waals surface area contributed by atoms with E-state index in [1.807, 2.05) is 0 Å². The summed E-state index contributed by atoms with van der Waals surface area (Å²) in [4.78, 5) is 26.4. The maximum absolute atomic E-state index is 11.6. The van der Waals surface area contributed by atoms with Crippen LogP contribution in [-0.2, 0) is 11.2 Å². The average molecular weight is 264 g/mol. The first-order valence-electron chi connectivity index (χ1n) is 4.90. The van der Waals surface area contributed by atoms with E-state index >= 15 is 0 Å². The number of aromatic nitrogens is 3. The summed E-state index contributed by atoms with van der Waals surface area (Å²) in [6.07, 6.45) is 2.63. The fourth-order valence-corrected chi connectivity index (χ4v) is 1.63. The van der Waals surface area contributed by atoms with E-state index in [4.69, 9.17) is 5.11 Å². The first kappa shape index (κ1) is 12.1. The molecule has 0 atom stereocenters. The molecule has 0 unspecified atom stereocenters. The van der Waals surface area contributed by atoms with Gasteiger partial charge in [0.2, 0.25) is 0 Å². The molecule has 2 aromatic heterocycles. The Bertz CT molecular complexity index is 553. The third-order valence-electron chi connectivity index (χ3n) is 2.00. The minimum Gasteiger partial charge on any atom is -0.481 e. The van der Waals surface area contributed by atoms with Gasteiger partial charge in [-0.3, -0.25) is 14.6 Å². The van der Waals surface area contributed by atoms with Gasteiger partial charge in [0.25, 0.3) is 5.91 Å². The van der Waals surface area contributed by atoms with E-state index in [0.717, 1.165) is 11.5 Å². The molecular formula is C10H8N4O3S. The van der Waals surface area contributed by atoms with Crippen molar-refractivity contribution in [3.63, 3.8) is 0 Å². The van der Waals surface area contributed by atoms with Crippen LogP contribution in [0.2, 0.25) is 0 Å². The van der Waals surface area contributed by atoms with Crippen molar-refractivity contribution in [1.29, 1.82) is 0 Å². The van der Waals surface area contributed by atoms with E-state index in [9.17, 15) is 9.59 Å². The van der Waals surface area contributed by atoms with E-state index in [1.54, 1.807) is 12.1 Å². The minimum atomic E-state index is -0.949. The van der Waals surface area contributed by atoms with E-state index < -0.39 is 5.97 Å². The summed E-state index contributed by atoms with van der Waals surface area (Å²) in [7, 11) is 0. The zero-order chi connectivity index (χ0) is 13.0. The summed E-state index contributed by atoms with van der Waals surface area (Å²) in [6.45, 7) is 0. The Hall–Kier alpha value is -2.35. The van der Waals surface area contributed by atoms with Crippen LogP contribution in [0.1, 0.15) is 15.4 Å². The van der Waals surface area contributed by atoms with Crippen LogP contribution >= 0.6 is 11.5 Å². The number of hydrogen-bond donors (Lipinski definition) is 2. The van der Waals surface area contributed by atoms with Crippen molar-refractivity contribution in [1.82, 2.24) is 14.6 Å². The van der Waals surface area contributed by atoms with Gasteiger partial charge in [0, 0.05) is 0 Å². The molecule has 1 amide bonds. The van der Waals surface area contributed by atoms with Crippen molar-refractivity contribution in [3.8, 4) is 0 Å². The van der Waals surface area contributed by atoms with Gasteiger partial charge in [-0.2, -0.15) is 0 Å². The van der Waals surface area contributed by atoms with Gasteiger partial charge >= 0.3 is 5.97 Å². The van der Waals surface area contributed by atoms with Gasteiger partial charge in [-0.1, -0.05) is 4.49 Å². The highest BCUT2D eigenvalue weighted by molar-refractivity contribution is 7.07. The van der Waals surface area contributed by atoms with Crippen LogP contribution in [0.3, 0.4) is 0 Å². The average Bonchev–Trinajstić information content (AvgIpc) is 2.84. The Morgan fingerprint density at radius 2 is 2.17 bits per heavy atom. The lowest BCUT2D eigenvalue weighted by atomic mass is 10.2. The van der Waals surface area contributed by atoms with Gasteiger partial charge < -0.3 is 10.4 Å². The molecule has 0 bridgehead atoms. The SMILES string of the molecule is O=C(O)Cc1ccc(NC(=O)c2cnns2)cn1. The third-order valence-corrected chi connectivity index (χ3v) is 2.66. The van der Waals surface area contributed by atoms with Crippen LogP contribution in [0, 0.1) is 0 Å². The number of rotatable bonds is 4. The van der Waals surface area contributed by atoms with Gasteiger partial charge in [-0.15, -0.1) is 5.10 Å². The lowest BCUT2D eigenvalue weighted by Gasteiger charge is -2.03. The maximum atomic E-state index is 11.6. The molecule has 2 aromatic rings. The zero-order valence-electron chi connectivity index (χ0n) is 9.03. The molecule has 0 aliphatic carbocycles. The van der Waals surface area contributed by atoms with Crippen molar-refractivity contribution in [2.75, 3.05) is 5.32 Å². The number of carboxylic acids is 1. The highest BCUT2D eigenvalue weighted by Gasteiger charge is 2.09. The van der Waals surface area contributed by atoms with Crippen molar-refractivity contribution >= 4 is 29.1 Å². The quantitative estimate of drug-likeness (QED) is 0.846. The number of aliphatic carboxylic acids is 1. The minimum absolute atomic E-state index is 0.146. The van der Waals surface area contributed by atoms with Crippen molar-refractivity contribution < 1.29 is 14.7 Å². The Morgan fingerprint density at radius 3 is 2.72 bits per heavy atom. The van der Waals surface area contributed by atoms with Crippen LogP contribution < -0.4 is 5.32 Å². The highest BCUT2D eigenvalue weighted by Crippen LogP contribution is 2.10. The molecule has 0 aliphatic heterocycles. The predicted octanol–water partition coefficient (Wildman–Crippen LogP) is 0.812. The molecule has 0 saturated heterocycles. The van der Waals surface area contributed by atoms with Crippen LogP contribution in [0.4, 0.5) is 5.69 Å². The smallest absolute Gasteiger partial charge is 0.309 e. The summed E-state index contributed by atoms with van der Waals surface area (Å²) in [5.41, 5.74) is 0.919. The topological polar surface area (TPSA) is 105 Å². The lowest BCUT2D eigenvalue weighted by Crippen LogP contribution is -2.11. The summed E-state index contributed by atoms with van der Waals surface area (Å²) in [5, 5.41) is 14.7. The Labute approximate surface area is 106 Å². The second-order valence-corrected chi connectivity index (χ2v) is 4.13. The zero-order valence-corrected chi connectivity index (χ0v) is 9.85. The highest BCUT2D eigenvalue weighted by atomic mass is 32.1. The molecule has 2 rings (SSSR count). The molecule has 0 saturated carbocycles. The molecule has 0 radical (unpaired) electrons. The number of carbonyl (C=O) groups is 2. The fraction of sp³-hybridized carbons (Fsp3) is 0.100. The van der Waals surface area contributed by atoms with Crippen molar-refractivity contribution in [3.05, 3.63) is 35.1 Å². The Morgan fingerprint density at radius 1 is 1.33 bits per heavy atom. The summed E-state index contributed by atoms with van der Waals surface area (Å²) in [6, 6.07) is 3.15. The lowest BCUT2D eigenvalue weighted by molar-refractivity contribution is -0.136. The van der Waals surface area contributed by atoms with E-state index in [1.165, 1.54) is 12.4 Å². The molecular weight excluding hydrogens is 256 g/mol. The number of amides is 1. The van der Waals surface area contributed by atoms with E-state index in [0.29, 0.717) is 16.3 Å². The second-order valence-electron chi connectivity index (χ2n) is 3.34. The van der Waals surface area contributed by atoms with Crippen LogP contribution in [-0.4, -0.2) is 31.6 Å². The first-order chi connectivity index (χ1) is 8.65. The molecule has 2 N–H and O–H groups in total. The van der Waals surface area contributed by atoms with Gasteiger partial charge in [0.15, 0.2) is 0 Å². The standard InChI is InChI=1S/C10H8N4O3S/c15-9(16)3-6-1-2-7(4-11-6)13-10(17)8-5-12-14-18-8/h1-2,4-5H,3H2,(H,13,17)(H,15,16). The first-order valence-corrected chi connectivity index (χ1v) is 5.68. The largest absolute Gasteiger partial charge is 0.481 e. The van der Waals surface area contributed by atoms with Crippen molar-refractivity contribution in [2.45, 2.75) is 6.42 Å². The third kappa shape index (κ3) is 3.08. The second kappa shape index (κ2) is 5.32. The summed E-state index contributed by atoms with van der Waals surface area (Å²) < 4.78 is 3.58. The summed E-state index contributed by atoms with van der Waals surface area (Å²) in [5.74, 6) is -1.27. The fourth-order valence-electron chi connectivity index (χ4n) is 1.22.